The Morgan fingerprint density at radius 3 is 2.57 bits per heavy atom. The Kier molecular flexibility index (Phi) is 5.39. The number of benzene rings is 1. The second-order valence-corrected chi connectivity index (χ2v) is 5.40. The molecule has 1 aromatic carbocycles. The molecule has 0 aliphatic rings. The van der Waals surface area contributed by atoms with Crippen LogP contribution in [0.4, 0.5) is 0 Å². The number of carbonyl (C=O) groups is 1. The van der Waals surface area contributed by atoms with Gasteiger partial charge in [0.1, 0.15) is 23.1 Å². The third kappa shape index (κ3) is 3.53. The third-order valence-corrected chi connectivity index (χ3v) is 3.58. The number of amides is 1. The standard InChI is InChI=1S/C17H22N2O4/c1-5-10-19(3)17(21)14-15(18-23-16(14)11(2)20)12-6-8-13(22-4)9-7-12/h6-9,11,20H,5,10H2,1-4H3/t11-/m0/s1. The minimum absolute atomic E-state index is 0.184. The first-order chi connectivity index (χ1) is 11.0. The van der Waals surface area contributed by atoms with Gasteiger partial charge >= 0.3 is 0 Å². The number of methoxy groups -OCH3 is 1. The van der Waals surface area contributed by atoms with E-state index in [0.717, 1.165) is 12.0 Å². The Bertz CT molecular complexity index is 662. The van der Waals surface area contributed by atoms with E-state index in [9.17, 15) is 9.90 Å². The lowest BCUT2D eigenvalue weighted by atomic mass is 10.0. The predicted molar refractivity (Wildman–Crippen MR) is 86.4 cm³/mol. The van der Waals surface area contributed by atoms with Gasteiger partial charge in [-0.05, 0) is 37.6 Å². The number of aliphatic hydroxyl groups excluding tert-OH is 1. The molecular weight excluding hydrogens is 296 g/mol. The smallest absolute Gasteiger partial charge is 0.259 e. The second-order valence-electron chi connectivity index (χ2n) is 5.40. The van der Waals surface area contributed by atoms with Crippen molar-refractivity contribution in [3.63, 3.8) is 0 Å². The van der Waals surface area contributed by atoms with Gasteiger partial charge in [-0.25, -0.2) is 0 Å². The summed E-state index contributed by atoms with van der Waals surface area (Å²) in [6.07, 6.45) is -0.0708. The summed E-state index contributed by atoms with van der Waals surface area (Å²) < 4.78 is 10.4. The van der Waals surface area contributed by atoms with E-state index in [-0.39, 0.29) is 11.7 Å². The molecule has 0 radical (unpaired) electrons. The first kappa shape index (κ1) is 17.0. The van der Waals surface area contributed by atoms with Gasteiger partial charge in [0.15, 0.2) is 5.76 Å². The average Bonchev–Trinajstić information content (AvgIpc) is 2.99. The fraction of sp³-hybridized carbons (Fsp3) is 0.412. The van der Waals surface area contributed by atoms with Crippen molar-refractivity contribution >= 4 is 5.91 Å². The lowest BCUT2D eigenvalue weighted by Crippen LogP contribution is -2.28. The maximum absolute atomic E-state index is 12.7. The van der Waals surface area contributed by atoms with Crippen molar-refractivity contribution in [1.82, 2.24) is 10.1 Å². The molecule has 2 rings (SSSR count). The number of rotatable bonds is 6. The largest absolute Gasteiger partial charge is 0.497 e. The lowest BCUT2D eigenvalue weighted by molar-refractivity contribution is 0.0783. The number of hydrogen-bond donors (Lipinski definition) is 1. The Balaban J connectivity index is 2.49. The molecule has 1 N–H and O–H groups in total. The molecule has 0 aliphatic heterocycles. The first-order valence-electron chi connectivity index (χ1n) is 7.57. The van der Waals surface area contributed by atoms with E-state index in [1.165, 1.54) is 0 Å². The van der Waals surface area contributed by atoms with Crippen molar-refractivity contribution in [3.8, 4) is 17.0 Å². The van der Waals surface area contributed by atoms with E-state index in [1.54, 1.807) is 50.2 Å². The first-order valence-corrected chi connectivity index (χ1v) is 7.57. The third-order valence-electron chi connectivity index (χ3n) is 3.58. The molecule has 0 spiro atoms. The van der Waals surface area contributed by atoms with Gasteiger partial charge in [-0.1, -0.05) is 12.1 Å². The summed E-state index contributed by atoms with van der Waals surface area (Å²) in [5, 5.41) is 13.9. The van der Waals surface area contributed by atoms with Crippen LogP contribution in [0, 0.1) is 0 Å². The molecule has 1 aromatic heterocycles. The number of carbonyl (C=O) groups excluding carboxylic acids is 1. The fourth-order valence-corrected chi connectivity index (χ4v) is 2.37. The van der Waals surface area contributed by atoms with E-state index in [2.05, 4.69) is 5.16 Å². The average molecular weight is 318 g/mol. The van der Waals surface area contributed by atoms with Crippen molar-refractivity contribution in [2.45, 2.75) is 26.4 Å². The molecule has 6 heteroatoms. The van der Waals surface area contributed by atoms with Crippen molar-refractivity contribution in [2.75, 3.05) is 20.7 Å². The van der Waals surface area contributed by atoms with Crippen molar-refractivity contribution in [2.24, 2.45) is 0 Å². The van der Waals surface area contributed by atoms with Gasteiger partial charge in [-0.15, -0.1) is 0 Å². The van der Waals surface area contributed by atoms with Gasteiger partial charge in [-0.3, -0.25) is 4.79 Å². The normalized spacial score (nSPS) is 12.0. The van der Waals surface area contributed by atoms with Crippen molar-refractivity contribution < 1.29 is 19.2 Å². The molecule has 2 aromatic rings. The minimum Gasteiger partial charge on any atom is -0.497 e. The molecule has 0 fully saturated rings. The topological polar surface area (TPSA) is 75.8 Å². The van der Waals surface area contributed by atoms with Crippen LogP contribution >= 0.6 is 0 Å². The molecular formula is C17H22N2O4. The summed E-state index contributed by atoms with van der Waals surface area (Å²) in [5.74, 6) is 0.683. The highest BCUT2D eigenvalue weighted by Crippen LogP contribution is 2.31. The molecule has 1 amide bonds. The molecule has 0 saturated carbocycles. The monoisotopic (exact) mass is 318 g/mol. The summed E-state index contributed by atoms with van der Waals surface area (Å²) in [7, 11) is 3.31. The van der Waals surface area contributed by atoms with Crippen LogP contribution in [-0.2, 0) is 0 Å². The van der Waals surface area contributed by atoms with Crippen molar-refractivity contribution in [1.29, 1.82) is 0 Å². The van der Waals surface area contributed by atoms with Gasteiger partial charge in [-0.2, -0.15) is 0 Å². The molecule has 1 heterocycles. The van der Waals surface area contributed by atoms with Gasteiger partial charge < -0.3 is 19.3 Å². The minimum atomic E-state index is -0.913. The number of aliphatic hydroxyl groups is 1. The SMILES string of the molecule is CCCN(C)C(=O)c1c(-c2ccc(OC)cc2)noc1[C@H](C)O. The summed E-state index contributed by atoms with van der Waals surface area (Å²) in [6.45, 7) is 4.16. The molecule has 0 saturated heterocycles. The van der Waals surface area contributed by atoms with Crippen molar-refractivity contribution in [3.05, 3.63) is 35.6 Å². The highest BCUT2D eigenvalue weighted by atomic mass is 16.5. The van der Waals surface area contributed by atoms with E-state index >= 15 is 0 Å². The van der Waals surface area contributed by atoms with Gasteiger partial charge in [0.05, 0.1) is 7.11 Å². The van der Waals surface area contributed by atoms with Gasteiger partial charge in [0, 0.05) is 19.2 Å². The Hall–Kier alpha value is -2.34. The molecule has 0 aliphatic carbocycles. The fourth-order valence-electron chi connectivity index (χ4n) is 2.37. The van der Waals surface area contributed by atoms with Crippen LogP contribution in [0.25, 0.3) is 11.3 Å². The highest BCUT2D eigenvalue weighted by molar-refractivity contribution is 6.00. The van der Waals surface area contributed by atoms with Crippen LogP contribution in [0.5, 0.6) is 5.75 Å². The van der Waals surface area contributed by atoms with Gasteiger partial charge in [0.25, 0.3) is 5.91 Å². The lowest BCUT2D eigenvalue weighted by Gasteiger charge is -2.17. The number of hydrogen-bond acceptors (Lipinski definition) is 5. The van der Waals surface area contributed by atoms with Crippen LogP contribution in [-0.4, -0.2) is 41.8 Å². The number of aromatic nitrogens is 1. The Morgan fingerprint density at radius 2 is 2.04 bits per heavy atom. The Labute approximate surface area is 135 Å². The molecule has 1 atom stereocenters. The van der Waals surface area contributed by atoms with E-state index in [0.29, 0.717) is 23.6 Å². The molecule has 0 unspecified atom stereocenters. The molecule has 23 heavy (non-hydrogen) atoms. The zero-order chi connectivity index (χ0) is 17.0. The molecule has 6 nitrogen and oxygen atoms in total. The zero-order valence-corrected chi connectivity index (χ0v) is 13.9. The van der Waals surface area contributed by atoms with Crippen LogP contribution < -0.4 is 4.74 Å². The van der Waals surface area contributed by atoms with E-state index in [1.807, 2.05) is 6.92 Å². The van der Waals surface area contributed by atoms with Crippen LogP contribution in [0.1, 0.15) is 42.5 Å². The predicted octanol–water partition coefficient (Wildman–Crippen LogP) is 2.89. The summed E-state index contributed by atoms with van der Waals surface area (Å²) in [6, 6.07) is 7.18. The molecule has 124 valence electrons. The maximum atomic E-state index is 12.7. The van der Waals surface area contributed by atoms with Gasteiger partial charge in [0.2, 0.25) is 0 Å². The van der Waals surface area contributed by atoms with Crippen LogP contribution in [0.15, 0.2) is 28.8 Å². The number of nitrogens with zero attached hydrogens (tertiary/aromatic N) is 2. The summed E-state index contributed by atoms with van der Waals surface area (Å²) in [5.41, 5.74) is 1.47. The van der Waals surface area contributed by atoms with Crippen LogP contribution in [0.3, 0.4) is 0 Å². The highest BCUT2D eigenvalue weighted by Gasteiger charge is 2.28. The summed E-state index contributed by atoms with van der Waals surface area (Å²) in [4.78, 5) is 14.3. The maximum Gasteiger partial charge on any atom is 0.259 e. The second kappa shape index (κ2) is 7.28. The van der Waals surface area contributed by atoms with E-state index < -0.39 is 6.10 Å². The molecule has 0 bridgehead atoms. The zero-order valence-electron chi connectivity index (χ0n) is 13.9. The quantitative estimate of drug-likeness (QED) is 0.886. The van der Waals surface area contributed by atoms with Crippen LogP contribution in [0.2, 0.25) is 0 Å². The number of ether oxygens (including phenoxy) is 1. The van der Waals surface area contributed by atoms with E-state index in [4.69, 9.17) is 9.26 Å². The Morgan fingerprint density at radius 1 is 1.39 bits per heavy atom. The summed E-state index contributed by atoms with van der Waals surface area (Å²) >= 11 is 0.